The predicted octanol–water partition coefficient (Wildman–Crippen LogP) is 2.95. The van der Waals surface area contributed by atoms with E-state index in [1.807, 2.05) is 43.3 Å². The molecule has 0 aliphatic carbocycles. The maximum Gasteiger partial charge on any atom is 0.307 e. The van der Waals surface area contributed by atoms with Crippen molar-refractivity contribution >= 4 is 11.5 Å². The van der Waals surface area contributed by atoms with Crippen LogP contribution in [0.3, 0.4) is 0 Å². The molecule has 2 heteroatoms. The Balaban J connectivity index is 2.89. The molecular weight excluding hydrogens is 176 g/mol. The minimum Gasteiger partial charge on any atom is -0.481 e. The second-order valence-electron chi connectivity index (χ2n) is 3.07. The molecule has 0 aliphatic heterocycles. The SMILES string of the molecule is CCC=C(CC(=O)O)c1ccccc1. The molecule has 0 radical (unpaired) electrons. The number of benzene rings is 1. The fourth-order valence-corrected chi connectivity index (χ4v) is 1.35. The van der Waals surface area contributed by atoms with Gasteiger partial charge in [-0.3, -0.25) is 4.79 Å². The van der Waals surface area contributed by atoms with Gasteiger partial charge in [0.05, 0.1) is 6.42 Å². The third kappa shape index (κ3) is 3.05. The fourth-order valence-electron chi connectivity index (χ4n) is 1.35. The average Bonchev–Trinajstić information content (AvgIpc) is 2.18. The summed E-state index contributed by atoms with van der Waals surface area (Å²) < 4.78 is 0. The molecule has 1 rings (SSSR count). The zero-order valence-corrected chi connectivity index (χ0v) is 8.23. The van der Waals surface area contributed by atoms with Gasteiger partial charge in [0.2, 0.25) is 0 Å². The Bertz CT molecular complexity index is 325. The normalized spacial score (nSPS) is 11.4. The van der Waals surface area contributed by atoms with E-state index in [4.69, 9.17) is 5.11 Å². The molecule has 0 spiro atoms. The van der Waals surface area contributed by atoms with E-state index in [1.54, 1.807) is 0 Å². The lowest BCUT2D eigenvalue weighted by Gasteiger charge is -2.04. The van der Waals surface area contributed by atoms with Gasteiger partial charge < -0.3 is 5.11 Å². The van der Waals surface area contributed by atoms with Crippen molar-refractivity contribution in [1.82, 2.24) is 0 Å². The summed E-state index contributed by atoms with van der Waals surface area (Å²) in [6.45, 7) is 2.00. The molecule has 0 fully saturated rings. The van der Waals surface area contributed by atoms with Gasteiger partial charge in [0, 0.05) is 0 Å². The summed E-state index contributed by atoms with van der Waals surface area (Å²) in [5.74, 6) is -0.784. The Morgan fingerprint density at radius 1 is 1.36 bits per heavy atom. The van der Waals surface area contributed by atoms with E-state index >= 15 is 0 Å². The average molecular weight is 190 g/mol. The largest absolute Gasteiger partial charge is 0.481 e. The smallest absolute Gasteiger partial charge is 0.307 e. The molecule has 0 bridgehead atoms. The molecule has 2 nitrogen and oxygen atoms in total. The van der Waals surface area contributed by atoms with E-state index in [1.165, 1.54) is 0 Å². The van der Waals surface area contributed by atoms with Crippen LogP contribution in [0.5, 0.6) is 0 Å². The minimum absolute atomic E-state index is 0.0951. The molecule has 0 saturated heterocycles. The van der Waals surface area contributed by atoms with Gasteiger partial charge in [-0.15, -0.1) is 0 Å². The summed E-state index contributed by atoms with van der Waals surface area (Å²) in [5.41, 5.74) is 1.89. The summed E-state index contributed by atoms with van der Waals surface area (Å²) in [5, 5.41) is 8.73. The molecule has 0 heterocycles. The summed E-state index contributed by atoms with van der Waals surface area (Å²) in [7, 11) is 0. The van der Waals surface area contributed by atoms with E-state index in [0.717, 1.165) is 17.6 Å². The molecule has 0 atom stereocenters. The van der Waals surface area contributed by atoms with Crippen molar-refractivity contribution in [3.63, 3.8) is 0 Å². The van der Waals surface area contributed by atoms with Crippen LogP contribution in [0.15, 0.2) is 36.4 Å². The van der Waals surface area contributed by atoms with Crippen molar-refractivity contribution in [3.8, 4) is 0 Å². The Morgan fingerprint density at radius 2 is 2.00 bits per heavy atom. The van der Waals surface area contributed by atoms with Crippen LogP contribution in [0.4, 0.5) is 0 Å². The predicted molar refractivity (Wildman–Crippen MR) is 57.0 cm³/mol. The molecule has 0 aromatic heterocycles. The molecule has 14 heavy (non-hydrogen) atoms. The molecule has 0 aliphatic rings. The van der Waals surface area contributed by atoms with Gasteiger partial charge in [-0.1, -0.05) is 43.3 Å². The first-order valence-electron chi connectivity index (χ1n) is 4.70. The van der Waals surface area contributed by atoms with Crippen molar-refractivity contribution < 1.29 is 9.90 Å². The third-order valence-corrected chi connectivity index (χ3v) is 1.94. The maximum absolute atomic E-state index is 10.6. The van der Waals surface area contributed by atoms with Gasteiger partial charge in [-0.25, -0.2) is 0 Å². The Hall–Kier alpha value is -1.57. The highest BCUT2D eigenvalue weighted by Crippen LogP contribution is 2.18. The van der Waals surface area contributed by atoms with E-state index in [-0.39, 0.29) is 6.42 Å². The number of aliphatic carboxylic acids is 1. The summed E-state index contributed by atoms with van der Waals surface area (Å²) in [6, 6.07) is 9.63. The Labute approximate surface area is 83.9 Å². The fraction of sp³-hybridized carbons (Fsp3) is 0.250. The maximum atomic E-state index is 10.6. The van der Waals surface area contributed by atoms with Crippen molar-refractivity contribution in [2.24, 2.45) is 0 Å². The van der Waals surface area contributed by atoms with E-state index < -0.39 is 5.97 Å². The summed E-state index contributed by atoms with van der Waals surface area (Å²) in [6.07, 6.45) is 2.92. The van der Waals surface area contributed by atoms with Gasteiger partial charge in [-0.05, 0) is 17.6 Å². The monoisotopic (exact) mass is 190 g/mol. The van der Waals surface area contributed by atoms with Gasteiger partial charge in [-0.2, -0.15) is 0 Å². The van der Waals surface area contributed by atoms with Crippen molar-refractivity contribution in [2.75, 3.05) is 0 Å². The Morgan fingerprint density at radius 3 is 2.50 bits per heavy atom. The van der Waals surface area contributed by atoms with Crippen molar-refractivity contribution in [3.05, 3.63) is 42.0 Å². The van der Waals surface area contributed by atoms with Crippen LogP contribution in [-0.2, 0) is 4.79 Å². The minimum atomic E-state index is -0.784. The first-order chi connectivity index (χ1) is 6.74. The zero-order chi connectivity index (χ0) is 10.4. The lowest BCUT2D eigenvalue weighted by Crippen LogP contribution is -1.96. The van der Waals surface area contributed by atoms with Crippen molar-refractivity contribution in [2.45, 2.75) is 19.8 Å². The topological polar surface area (TPSA) is 37.3 Å². The van der Waals surface area contributed by atoms with Crippen molar-refractivity contribution in [1.29, 1.82) is 0 Å². The van der Waals surface area contributed by atoms with Gasteiger partial charge >= 0.3 is 5.97 Å². The number of hydrogen-bond donors (Lipinski definition) is 1. The number of hydrogen-bond acceptors (Lipinski definition) is 1. The third-order valence-electron chi connectivity index (χ3n) is 1.94. The lowest BCUT2D eigenvalue weighted by molar-refractivity contribution is -0.135. The first-order valence-corrected chi connectivity index (χ1v) is 4.70. The summed E-state index contributed by atoms with van der Waals surface area (Å²) >= 11 is 0. The molecule has 1 aromatic rings. The molecule has 0 unspecified atom stereocenters. The van der Waals surface area contributed by atoms with Gasteiger partial charge in [0.1, 0.15) is 0 Å². The van der Waals surface area contributed by atoms with E-state index in [9.17, 15) is 4.79 Å². The van der Waals surface area contributed by atoms with Crippen LogP contribution in [0.25, 0.3) is 5.57 Å². The van der Waals surface area contributed by atoms with Crippen LogP contribution in [-0.4, -0.2) is 11.1 Å². The second-order valence-corrected chi connectivity index (χ2v) is 3.07. The lowest BCUT2D eigenvalue weighted by atomic mass is 10.0. The standard InChI is InChI=1S/C12H14O2/c1-2-6-11(9-12(13)14)10-7-4-3-5-8-10/h3-8H,2,9H2,1H3,(H,13,14). The van der Waals surface area contributed by atoms with Gasteiger partial charge in [0.15, 0.2) is 0 Å². The highest BCUT2D eigenvalue weighted by molar-refractivity contribution is 5.83. The molecule has 0 amide bonds. The molecule has 1 N–H and O–H groups in total. The molecular formula is C12H14O2. The summed E-state index contributed by atoms with van der Waals surface area (Å²) in [4.78, 5) is 10.6. The van der Waals surface area contributed by atoms with E-state index in [2.05, 4.69) is 0 Å². The number of carboxylic acids is 1. The van der Waals surface area contributed by atoms with Crippen LogP contribution < -0.4 is 0 Å². The Kier molecular flexibility index (Phi) is 3.92. The van der Waals surface area contributed by atoms with Crippen LogP contribution >= 0.6 is 0 Å². The number of carboxylic acid groups (broad SMARTS) is 1. The number of carbonyl (C=O) groups is 1. The van der Waals surface area contributed by atoms with E-state index in [0.29, 0.717) is 0 Å². The molecule has 74 valence electrons. The second kappa shape index (κ2) is 5.22. The number of rotatable bonds is 4. The molecule has 1 aromatic carbocycles. The number of allylic oxidation sites excluding steroid dienone is 1. The quantitative estimate of drug-likeness (QED) is 0.792. The van der Waals surface area contributed by atoms with Crippen LogP contribution in [0.1, 0.15) is 25.3 Å². The first kappa shape index (κ1) is 10.5. The van der Waals surface area contributed by atoms with Crippen LogP contribution in [0, 0.1) is 0 Å². The highest BCUT2D eigenvalue weighted by Gasteiger charge is 2.04. The van der Waals surface area contributed by atoms with Crippen LogP contribution in [0.2, 0.25) is 0 Å². The van der Waals surface area contributed by atoms with Gasteiger partial charge in [0.25, 0.3) is 0 Å². The highest BCUT2D eigenvalue weighted by atomic mass is 16.4. The molecule has 0 saturated carbocycles. The zero-order valence-electron chi connectivity index (χ0n) is 8.23.